The molecule has 1 aromatic heterocycles. The molecule has 0 spiro atoms. The first-order valence-corrected chi connectivity index (χ1v) is 4.28. The lowest BCUT2D eigenvalue weighted by Crippen LogP contribution is -2.02. The Morgan fingerprint density at radius 2 is 2.18 bits per heavy atom. The summed E-state index contributed by atoms with van der Waals surface area (Å²) < 4.78 is 29.8. The number of anilines is 1. The van der Waals surface area contributed by atoms with E-state index in [4.69, 9.17) is 10.3 Å². The van der Waals surface area contributed by atoms with E-state index in [9.17, 15) is 8.42 Å². The van der Waals surface area contributed by atoms with Gasteiger partial charge in [-0.2, -0.15) is 8.42 Å². The van der Waals surface area contributed by atoms with Crippen LogP contribution in [-0.2, 0) is 10.1 Å². The molecule has 0 unspecified atom stereocenters. The molecule has 0 fully saturated rings. The molecule has 62 valence electrons. The van der Waals surface area contributed by atoms with Gasteiger partial charge in [0.25, 0.3) is 10.1 Å². The Hall–Kier alpha value is -1.01. The zero-order chi connectivity index (χ0) is 8.65. The van der Waals surface area contributed by atoms with Crippen LogP contribution in [0.15, 0.2) is 11.1 Å². The molecular weight excluding hydrogens is 168 g/mol. The second-order valence-electron chi connectivity index (χ2n) is 2.19. The zero-order valence-electron chi connectivity index (χ0n) is 5.83. The van der Waals surface area contributed by atoms with Crippen molar-refractivity contribution in [2.45, 2.75) is 11.8 Å². The number of aryl methyl sites for hydroxylation is 1. The van der Waals surface area contributed by atoms with Crippen molar-refractivity contribution in [2.75, 3.05) is 5.73 Å². The summed E-state index contributed by atoms with van der Waals surface area (Å²) in [6, 6.07) is 0. The highest BCUT2D eigenvalue weighted by atomic mass is 32.2. The first kappa shape index (κ1) is 8.09. The summed E-state index contributed by atoms with van der Waals surface area (Å²) in [5.41, 5.74) is 5.64. The summed E-state index contributed by atoms with van der Waals surface area (Å²) in [6.07, 6.45) is 1.42. The molecule has 0 aliphatic carbocycles. The average Bonchev–Trinajstić information content (AvgIpc) is 2.08. The summed E-state index contributed by atoms with van der Waals surface area (Å²) >= 11 is 0. The molecular formula is C5H8N2O3S. The minimum absolute atomic E-state index is 0.0370. The number of hydrogen-bond donors (Lipinski definition) is 3. The summed E-state index contributed by atoms with van der Waals surface area (Å²) in [5.74, 6) is -0.0370. The van der Waals surface area contributed by atoms with Gasteiger partial charge < -0.3 is 10.7 Å². The number of aromatic nitrogens is 1. The van der Waals surface area contributed by atoms with Gasteiger partial charge in [0.2, 0.25) is 0 Å². The van der Waals surface area contributed by atoms with Crippen LogP contribution in [0.5, 0.6) is 0 Å². The van der Waals surface area contributed by atoms with Gasteiger partial charge in [0.1, 0.15) is 10.7 Å². The average molecular weight is 176 g/mol. The predicted molar refractivity (Wildman–Crippen MR) is 39.8 cm³/mol. The second kappa shape index (κ2) is 2.24. The number of H-pyrrole nitrogens is 1. The van der Waals surface area contributed by atoms with Crippen molar-refractivity contribution in [3.05, 3.63) is 11.8 Å². The smallest absolute Gasteiger partial charge is 0.298 e. The molecule has 0 radical (unpaired) electrons. The zero-order valence-corrected chi connectivity index (χ0v) is 6.64. The largest absolute Gasteiger partial charge is 0.384 e. The number of aromatic amines is 1. The van der Waals surface area contributed by atoms with E-state index < -0.39 is 10.1 Å². The van der Waals surface area contributed by atoms with Crippen molar-refractivity contribution in [2.24, 2.45) is 0 Å². The van der Waals surface area contributed by atoms with Gasteiger partial charge in [-0.1, -0.05) is 0 Å². The lowest BCUT2D eigenvalue weighted by molar-refractivity contribution is 0.483. The molecule has 0 bridgehead atoms. The fourth-order valence-electron chi connectivity index (χ4n) is 0.872. The Morgan fingerprint density at radius 3 is 2.36 bits per heavy atom. The Bertz CT molecular complexity index is 346. The minimum atomic E-state index is -4.18. The van der Waals surface area contributed by atoms with Crippen LogP contribution in [0, 0.1) is 6.92 Å². The van der Waals surface area contributed by atoms with Crippen LogP contribution in [0.25, 0.3) is 0 Å². The van der Waals surface area contributed by atoms with E-state index in [-0.39, 0.29) is 10.7 Å². The van der Waals surface area contributed by atoms with Gasteiger partial charge in [0, 0.05) is 6.20 Å². The third kappa shape index (κ3) is 1.36. The van der Waals surface area contributed by atoms with Gasteiger partial charge in [0.05, 0.1) is 0 Å². The van der Waals surface area contributed by atoms with E-state index in [1.54, 1.807) is 0 Å². The van der Waals surface area contributed by atoms with Crippen LogP contribution in [0.4, 0.5) is 5.82 Å². The fraction of sp³-hybridized carbons (Fsp3) is 0.200. The SMILES string of the molecule is Cc1c[nH]c(N)c1S(=O)(=O)O. The monoisotopic (exact) mass is 176 g/mol. The van der Waals surface area contributed by atoms with Crippen molar-refractivity contribution in [1.29, 1.82) is 0 Å². The standard InChI is InChI=1S/C5H8N2O3S/c1-3-2-7-5(6)4(3)11(8,9)10/h2,7H,6H2,1H3,(H,8,9,10). The molecule has 1 heterocycles. The Balaban J connectivity index is 3.45. The molecule has 0 saturated carbocycles. The highest BCUT2D eigenvalue weighted by Gasteiger charge is 2.17. The molecule has 1 aromatic rings. The van der Waals surface area contributed by atoms with Gasteiger partial charge in [0.15, 0.2) is 0 Å². The van der Waals surface area contributed by atoms with Crippen molar-refractivity contribution >= 4 is 15.9 Å². The number of hydrogen-bond acceptors (Lipinski definition) is 3. The molecule has 0 aliphatic heterocycles. The number of rotatable bonds is 1. The van der Waals surface area contributed by atoms with Crippen LogP contribution in [-0.4, -0.2) is 18.0 Å². The van der Waals surface area contributed by atoms with Crippen LogP contribution in [0.2, 0.25) is 0 Å². The van der Waals surface area contributed by atoms with Crippen LogP contribution < -0.4 is 5.73 Å². The van der Waals surface area contributed by atoms with Crippen LogP contribution in [0.3, 0.4) is 0 Å². The third-order valence-corrected chi connectivity index (χ3v) is 2.36. The minimum Gasteiger partial charge on any atom is -0.384 e. The molecule has 4 N–H and O–H groups in total. The van der Waals surface area contributed by atoms with Crippen molar-refractivity contribution in [3.8, 4) is 0 Å². The summed E-state index contributed by atoms with van der Waals surface area (Å²) in [6.45, 7) is 1.54. The Kier molecular flexibility index (Phi) is 1.65. The molecule has 1 rings (SSSR count). The number of nitrogens with one attached hydrogen (secondary N) is 1. The molecule has 0 atom stereocenters. The van der Waals surface area contributed by atoms with Crippen LogP contribution >= 0.6 is 0 Å². The van der Waals surface area contributed by atoms with E-state index in [2.05, 4.69) is 4.98 Å². The third-order valence-electron chi connectivity index (χ3n) is 1.30. The molecule has 0 aromatic carbocycles. The first-order chi connectivity index (χ1) is 4.93. The predicted octanol–water partition coefficient (Wildman–Crippen LogP) is 0.152. The maximum absolute atomic E-state index is 10.6. The topological polar surface area (TPSA) is 96.2 Å². The normalized spacial score (nSPS) is 11.8. The maximum Gasteiger partial charge on any atom is 0.298 e. The molecule has 6 heteroatoms. The van der Waals surface area contributed by atoms with Crippen molar-refractivity contribution in [3.63, 3.8) is 0 Å². The molecule has 0 amide bonds. The Morgan fingerprint density at radius 1 is 1.64 bits per heavy atom. The Labute approximate surface area is 64.0 Å². The highest BCUT2D eigenvalue weighted by molar-refractivity contribution is 7.86. The first-order valence-electron chi connectivity index (χ1n) is 2.84. The lowest BCUT2D eigenvalue weighted by atomic mass is 10.4. The molecule has 5 nitrogen and oxygen atoms in total. The number of nitrogens with two attached hydrogens (primary N) is 1. The maximum atomic E-state index is 10.6. The molecule has 0 aliphatic rings. The van der Waals surface area contributed by atoms with Gasteiger partial charge >= 0.3 is 0 Å². The van der Waals surface area contributed by atoms with E-state index in [1.165, 1.54) is 13.1 Å². The van der Waals surface area contributed by atoms with Gasteiger partial charge in [-0.15, -0.1) is 0 Å². The summed E-state index contributed by atoms with van der Waals surface area (Å²) in [5, 5.41) is 0. The number of nitrogen functional groups attached to an aromatic ring is 1. The van der Waals surface area contributed by atoms with E-state index in [0.29, 0.717) is 5.56 Å². The highest BCUT2D eigenvalue weighted by Crippen LogP contribution is 2.20. The summed E-state index contributed by atoms with van der Waals surface area (Å²) in [7, 11) is -4.18. The van der Waals surface area contributed by atoms with Crippen molar-refractivity contribution in [1.82, 2.24) is 4.98 Å². The van der Waals surface area contributed by atoms with Crippen LogP contribution in [0.1, 0.15) is 5.56 Å². The second-order valence-corrected chi connectivity index (χ2v) is 3.55. The van der Waals surface area contributed by atoms with Gasteiger partial charge in [-0.3, -0.25) is 4.55 Å². The van der Waals surface area contributed by atoms with E-state index >= 15 is 0 Å². The quantitative estimate of drug-likeness (QED) is 0.531. The molecule has 0 saturated heterocycles. The van der Waals surface area contributed by atoms with Crippen molar-refractivity contribution < 1.29 is 13.0 Å². The van der Waals surface area contributed by atoms with E-state index in [1.807, 2.05) is 0 Å². The lowest BCUT2D eigenvalue weighted by Gasteiger charge is -1.94. The summed E-state index contributed by atoms with van der Waals surface area (Å²) in [4.78, 5) is 2.24. The van der Waals surface area contributed by atoms with E-state index in [0.717, 1.165) is 0 Å². The van der Waals surface area contributed by atoms with Gasteiger partial charge in [-0.25, -0.2) is 0 Å². The fourth-order valence-corrected chi connectivity index (χ4v) is 1.67. The van der Waals surface area contributed by atoms with Gasteiger partial charge in [-0.05, 0) is 12.5 Å². The molecule has 11 heavy (non-hydrogen) atoms.